The van der Waals surface area contributed by atoms with Gasteiger partial charge in [0.1, 0.15) is 0 Å². The highest BCUT2D eigenvalue weighted by Crippen LogP contribution is 2.30. The third-order valence-corrected chi connectivity index (χ3v) is 6.06. The SMILES string of the molecule is CCC(C(=O)N1CCCC(c2nc(-c3ccc(Br)cc3)no2)C1)c1ccccc1. The summed E-state index contributed by atoms with van der Waals surface area (Å²) in [7, 11) is 0. The molecule has 0 bridgehead atoms. The third-order valence-electron chi connectivity index (χ3n) is 5.53. The molecule has 6 heteroatoms. The van der Waals surface area contributed by atoms with Crippen LogP contribution in [0.1, 0.15) is 49.5 Å². The molecule has 3 aromatic rings. The molecule has 1 saturated heterocycles. The summed E-state index contributed by atoms with van der Waals surface area (Å²) in [6.45, 7) is 3.48. The van der Waals surface area contributed by atoms with Gasteiger partial charge in [-0.25, -0.2) is 0 Å². The van der Waals surface area contributed by atoms with Crippen LogP contribution in [-0.2, 0) is 4.79 Å². The normalized spacial score (nSPS) is 17.9. The van der Waals surface area contributed by atoms with Gasteiger partial charge < -0.3 is 9.42 Å². The van der Waals surface area contributed by atoms with Gasteiger partial charge in [0.15, 0.2) is 0 Å². The predicted molar refractivity (Wildman–Crippen MR) is 115 cm³/mol. The van der Waals surface area contributed by atoms with E-state index >= 15 is 0 Å². The number of nitrogens with zero attached hydrogens (tertiary/aromatic N) is 3. The molecular weight excluding hydrogens is 430 g/mol. The average Bonchev–Trinajstić information content (AvgIpc) is 3.26. The zero-order chi connectivity index (χ0) is 20.2. The lowest BCUT2D eigenvalue weighted by Crippen LogP contribution is -2.41. The van der Waals surface area contributed by atoms with Crippen LogP contribution in [0.25, 0.3) is 11.4 Å². The van der Waals surface area contributed by atoms with E-state index in [0.29, 0.717) is 18.3 Å². The van der Waals surface area contributed by atoms with Crippen LogP contribution >= 0.6 is 15.9 Å². The second-order valence-electron chi connectivity index (χ2n) is 7.46. The number of piperidine rings is 1. The Bertz CT molecular complexity index is 956. The summed E-state index contributed by atoms with van der Waals surface area (Å²) in [4.78, 5) is 19.8. The van der Waals surface area contributed by atoms with Crippen molar-refractivity contribution in [1.82, 2.24) is 15.0 Å². The number of hydrogen-bond donors (Lipinski definition) is 0. The van der Waals surface area contributed by atoms with Gasteiger partial charge in [0.25, 0.3) is 0 Å². The van der Waals surface area contributed by atoms with Crippen molar-refractivity contribution >= 4 is 21.8 Å². The Morgan fingerprint density at radius 3 is 2.69 bits per heavy atom. The molecule has 2 aromatic carbocycles. The summed E-state index contributed by atoms with van der Waals surface area (Å²) >= 11 is 3.44. The van der Waals surface area contributed by atoms with Gasteiger partial charge in [0, 0.05) is 23.1 Å². The van der Waals surface area contributed by atoms with Crippen LogP contribution in [0.2, 0.25) is 0 Å². The van der Waals surface area contributed by atoms with Gasteiger partial charge >= 0.3 is 0 Å². The van der Waals surface area contributed by atoms with Crippen molar-refractivity contribution in [3.05, 3.63) is 70.5 Å². The van der Waals surface area contributed by atoms with Crippen LogP contribution in [0.15, 0.2) is 63.6 Å². The first-order valence-electron chi connectivity index (χ1n) is 10.1. The summed E-state index contributed by atoms with van der Waals surface area (Å²) in [5, 5.41) is 4.16. The Hall–Kier alpha value is -2.47. The van der Waals surface area contributed by atoms with Crippen molar-refractivity contribution in [2.24, 2.45) is 0 Å². The van der Waals surface area contributed by atoms with Crippen molar-refractivity contribution in [2.45, 2.75) is 38.0 Å². The van der Waals surface area contributed by atoms with Gasteiger partial charge in [0.05, 0.1) is 11.8 Å². The van der Waals surface area contributed by atoms with Gasteiger partial charge in [0.2, 0.25) is 17.6 Å². The van der Waals surface area contributed by atoms with Crippen molar-refractivity contribution in [2.75, 3.05) is 13.1 Å². The maximum absolute atomic E-state index is 13.2. The quantitative estimate of drug-likeness (QED) is 0.518. The van der Waals surface area contributed by atoms with E-state index in [2.05, 4.69) is 33.0 Å². The summed E-state index contributed by atoms with van der Waals surface area (Å²) in [6.07, 6.45) is 2.68. The number of halogens is 1. The Kier molecular flexibility index (Phi) is 6.09. The molecule has 150 valence electrons. The van der Waals surface area contributed by atoms with E-state index in [-0.39, 0.29) is 17.7 Å². The number of carbonyl (C=O) groups excluding carboxylic acids is 1. The van der Waals surface area contributed by atoms with E-state index < -0.39 is 0 Å². The smallest absolute Gasteiger partial charge is 0.231 e. The van der Waals surface area contributed by atoms with Crippen molar-refractivity contribution in [1.29, 1.82) is 0 Å². The average molecular weight is 454 g/mol. The maximum atomic E-state index is 13.2. The minimum Gasteiger partial charge on any atom is -0.341 e. The fourth-order valence-corrected chi connectivity index (χ4v) is 4.22. The molecular formula is C23H24BrN3O2. The lowest BCUT2D eigenvalue weighted by atomic mass is 9.92. The molecule has 1 aromatic heterocycles. The van der Waals surface area contributed by atoms with Crippen LogP contribution in [0, 0.1) is 0 Å². The molecule has 1 aliphatic heterocycles. The van der Waals surface area contributed by atoms with E-state index in [0.717, 1.165) is 41.4 Å². The van der Waals surface area contributed by atoms with Crippen LogP contribution in [0.5, 0.6) is 0 Å². The molecule has 4 rings (SSSR count). The Morgan fingerprint density at radius 1 is 1.21 bits per heavy atom. The number of hydrogen-bond acceptors (Lipinski definition) is 4. The molecule has 2 unspecified atom stereocenters. The number of likely N-dealkylation sites (tertiary alicyclic amines) is 1. The second kappa shape index (κ2) is 8.91. The molecule has 29 heavy (non-hydrogen) atoms. The van der Waals surface area contributed by atoms with Gasteiger partial charge in [-0.15, -0.1) is 0 Å². The standard InChI is InChI=1S/C23H24BrN3O2/c1-2-20(16-7-4-3-5-8-16)23(28)27-14-6-9-18(15-27)22-25-21(26-29-22)17-10-12-19(24)13-11-17/h3-5,7-8,10-13,18,20H,2,6,9,14-15H2,1H3. The molecule has 0 aliphatic carbocycles. The highest BCUT2D eigenvalue weighted by atomic mass is 79.9. The van der Waals surface area contributed by atoms with E-state index in [9.17, 15) is 4.79 Å². The highest BCUT2D eigenvalue weighted by molar-refractivity contribution is 9.10. The fourth-order valence-electron chi connectivity index (χ4n) is 3.95. The summed E-state index contributed by atoms with van der Waals surface area (Å²) in [6, 6.07) is 17.9. The summed E-state index contributed by atoms with van der Waals surface area (Å²) < 4.78 is 6.59. The lowest BCUT2D eigenvalue weighted by molar-refractivity contribution is -0.134. The van der Waals surface area contributed by atoms with Gasteiger partial charge in [-0.05, 0) is 49.1 Å². The summed E-state index contributed by atoms with van der Waals surface area (Å²) in [5.74, 6) is 1.38. The number of rotatable bonds is 5. The summed E-state index contributed by atoms with van der Waals surface area (Å²) in [5.41, 5.74) is 2.00. The fraction of sp³-hybridized carbons (Fsp3) is 0.348. The van der Waals surface area contributed by atoms with E-state index in [4.69, 9.17) is 4.52 Å². The van der Waals surface area contributed by atoms with Crippen LogP contribution < -0.4 is 0 Å². The zero-order valence-electron chi connectivity index (χ0n) is 16.4. The molecule has 0 N–H and O–H groups in total. The van der Waals surface area contributed by atoms with Crippen molar-refractivity contribution in [3.8, 4) is 11.4 Å². The predicted octanol–water partition coefficient (Wildman–Crippen LogP) is 5.40. The zero-order valence-corrected chi connectivity index (χ0v) is 18.0. The number of benzene rings is 2. The molecule has 2 heterocycles. The second-order valence-corrected chi connectivity index (χ2v) is 8.37. The first-order chi connectivity index (χ1) is 14.2. The number of aromatic nitrogens is 2. The van der Waals surface area contributed by atoms with Crippen molar-refractivity contribution < 1.29 is 9.32 Å². The molecule has 5 nitrogen and oxygen atoms in total. The number of amides is 1. The third kappa shape index (κ3) is 4.42. The van der Waals surface area contributed by atoms with Gasteiger partial charge in [-0.3, -0.25) is 4.79 Å². The lowest BCUT2D eigenvalue weighted by Gasteiger charge is -2.33. The van der Waals surface area contributed by atoms with Crippen LogP contribution in [0.3, 0.4) is 0 Å². The van der Waals surface area contributed by atoms with Gasteiger partial charge in [-0.2, -0.15) is 4.98 Å². The largest absolute Gasteiger partial charge is 0.341 e. The Balaban J connectivity index is 1.48. The molecule has 1 aliphatic rings. The Morgan fingerprint density at radius 2 is 1.97 bits per heavy atom. The molecule has 2 atom stereocenters. The van der Waals surface area contributed by atoms with Crippen molar-refractivity contribution in [3.63, 3.8) is 0 Å². The maximum Gasteiger partial charge on any atom is 0.231 e. The monoisotopic (exact) mass is 453 g/mol. The first-order valence-corrected chi connectivity index (χ1v) is 10.9. The van der Waals surface area contributed by atoms with Crippen LogP contribution in [-0.4, -0.2) is 34.0 Å². The highest BCUT2D eigenvalue weighted by Gasteiger charge is 2.32. The van der Waals surface area contributed by atoms with Crippen LogP contribution in [0.4, 0.5) is 0 Å². The minimum absolute atomic E-state index is 0.0812. The van der Waals surface area contributed by atoms with E-state index in [1.54, 1.807) is 0 Å². The van der Waals surface area contributed by atoms with Gasteiger partial charge in [-0.1, -0.05) is 58.3 Å². The first kappa shape index (κ1) is 19.8. The van der Waals surface area contributed by atoms with E-state index in [1.165, 1.54) is 0 Å². The Labute approximate surface area is 179 Å². The molecule has 0 spiro atoms. The number of carbonyl (C=O) groups is 1. The molecule has 0 radical (unpaired) electrons. The van der Waals surface area contributed by atoms with E-state index in [1.807, 2.05) is 59.5 Å². The molecule has 1 fully saturated rings. The molecule has 1 amide bonds. The molecule has 0 saturated carbocycles. The minimum atomic E-state index is -0.101. The topological polar surface area (TPSA) is 59.2 Å².